The highest BCUT2D eigenvalue weighted by atomic mass is 16.2. The van der Waals surface area contributed by atoms with Crippen molar-refractivity contribution in [2.75, 3.05) is 23.3 Å². The van der Waals surface area contributed by atoms with Crippen molar-refractivity contribution in [3.63, 3.8) is 0 Å². The predicted molar refractivity (Wildman–Crippen MR) is 86.9 cm³/mol. The number of hydrogen-bond acceptors (Lipinski definition) is 4. The standard InChI is InChI=1S/C17H20N4O/c1-11-10-12(11)17(22)20-15-16(21-8-4-5-9-21)19-14-7-3-2-6-13(14)18-15/h2-3,6-7,11-12H,4-5,8-10H2,1H3,(H,18,20,22)/t11-,12-/m1/s1. The molecule has 2 atom stereocenters. The molecule has 1 amide bonds. The van der Waals surface area contributed by atoms with Crippen LogP contribution in [0.25, 0.3) is 11.0 Å². The van der Waals surface area contributed by atoms with Gasteiger partial charge in [0.05, 0.1) is 11.0 Å². The first kappa shape index (κ1) is 13.5. The summed E-state index contributed by atoms with van der Waals surface area (Å²) in [4.78, 5) is 23.9. The number of benzene rings is 1. The molecule has 114 valence electrons. The van der Waals surface area contributed by atoms with Gasteiger partial charge in [0.1, 0.15) is 0 Å². The lowest BCUT2D eigenvalue weighted by molar-refractivity contribution is -0.117. The van der Waals surface area contributed by atoms with Crippen LogP contribution in [0.5, 0.6) is 0 Å². The lowest BCUT2D eigenvalue weighted by Crippen LogP contribution is -2.24. The smallest absolute Gasteiger partial charge is 0.229 e. The van der Waals surface area contributed by atoms with Crippen molar-refractivity contribution < 1.29 is 4.79 Å². The van der Waals surface area contributed by atoms with Crippen LogP contribution in [0.2, 0.25) is 0 Å². The van der Waals surface area contributed by atoms with Crippen molar-refractivity contribution >= 4 is 28.6 Å². The van der Waals surface area contributed by atoms with E-state index in [0.29, 0.717) is 11.7 Å². The van der Waals surface area contributed by atoms with Gasteiger partial charge in [0.25, 0.3) is 0 Å². The molecule has 1 N–H and O–H groups in total. The van der Waals surface area contributed by atoms with Crippen LogP contribution in [0, 0.1) is 11.8 Å². The molecule has 1 aromatic carbocycles. The Morgan fingerprint density at radius 3 is 2.45 bits per heavy atom. The van der Waals surface area contributed by atoms with Crippen molar-refractivity contribution in [1.29, 1.82) is 0 Å². The van der Waals surface area contributed by atoms with Gasteiger partial charge in [0.2, 0.25) is 5.91 Å². The molecule has 0 spiro atoms. The van der Waals surface area contributed by atoms with E-state index in [-0.39, 0.29) is 11.8 Å². The molecule has 0 unspecified atom stereocenters. The number of amides is 1. The van der Waals surface area contributed by atoms with Crippen LogP contribution in [0.3, 0.4) is 0 Å². The van der Waals surface area contributed by atoms with E-state index in [1.54, 1.807) is 0 Å². The molecule has 4 rings (SSSR count). The first-order valence-electron chi connectivity index (χ1n) is 8.05. The molecule has 22 heavy (non-hydrogen) atoms. The fraction of sp³-hybridized carbons (Fsp3) is 0.471. The van der Waals surface area contributed by atoms with Gasteiger partial charge in [-0.15, -0.1) is 0 Å². The van der Waals surface area contributed by atoms with Gasteiger partial charge in [-0.3, -0.25) is 4.79 Å². The molecule has 0 bridgehead atoms. The zero-order chi connectivity index (χ0) is 15.1. The second-order valence-corrected chi connectivity index (χ2v) is 6.39. The Kier molecular flexibility index (Phi) is 3.21. The molecule has 2 heterocycles. The molecule has 1 aromatic heterocycles. The Bertz CT molecular complexity index is 724. The Morgan fingerprint density at radius 1 is 1.18 bits per heavy atom. The minimum absolute atomic E-state index is 0.0810. The largest absolute Gasteiger partial charge is 0.354 e. The summed E-state index contributed by atoms with van der Waals surface area (Å²) in [5.41, 5.74) is 1.70. The average molecular weight is 296 g/mol. The molecule has 1 aliphatic heterocycles. The van der Waals surface area contributed by atoms with Gasteiger partial charge < -0.3 is 10.2 Å². The van der Waals surface area contributed by atoms with Crippen molar-refractivity contribution in [3.05, 3.63) is 24.3 Å². The van der Waals surface area contributed by atoms with Gasteiger partial charge in [-0.1, -0.05) is 19.1 Å². The van der Waals surface area contributed by atoms with E-state index in [9.17, 15) is 4.79 Å². The number of carbonyl (C=O) groups is 1. The molecule has 0 radical (unpaired) electrons. The summed E-state index contributed by atoms with van der Waals surface area (Å²) in [6, 6.07) is 7.82. The predicted octanol–water partition coefficient (Wildman–Crippen LogP) is 2.82. The van der Waals surface area contributed by atoms with Crippen molar-refractivity contribution in [2.45, 2.75) is 26.2 Å². The van der Waals surface area contributed by atoms with Crippen molar-refractivity contribution in [3.8, 4) is 0 Å². The van der Waals surface area contributed by atoms with Gasteiger partial charge in [-0.25, -0.2) is 9.97 Å². The minimum atomic E-state index is 0.0810. The molecule has 1 saturated heterocycles. The van der Waals surface area contributed by atoms with E-state index in [1.165, 1.54) is 12.8 Å². The molecular formula is C17H20N4O. The summed E-state index contributed by atoms with van der Waals surface area (Å²) in [5.74, 6) is 2.14. The monoisotopic (exact) mass is 296 g/mol. The number of nitrogens with one attached hydrogen (secondary N) is 1. The number of rotatable bonds is 3. The van der Waals surface area contributed by atoms with Gasteiger partial charge in [-0.05, 0) is 37.3 Å². The molecule has 5 nitrogen and oxygen atoms in total. The third-order valence-corrected chi connectivity index (χ3v) is 4.65. The van der Waals surface area contributed by atoms with E-state index in [4.69, 9.17) is 4.98 Å². The Balaban J connectivity index is 1.72. The lowest BCUT2D eigenvalue weighted by atomic mass is 10.3. The molecule has 2 aliphatic rings. The second-order valence-electron chi connectivity index (χ2n) is 6.39. The van der Waals surface area contributed by atoms with E-state index in [2.05, 4.69) is 22.1 Å². The van der Waals surface area contributed by atoms with Crippen LogP contribution < -0.4 is 10.2 Å². The number of para-hydroxylation sites is 2. The molecule has 2 fully saturated rings. The highest BCUT2D eigenvalue weighted by Crippen LogP contribution is 2.39. The van der Waals surface area contributed by atoms with Crippen LogP contribution in [-0.4, -0.2) is 29.0 Å². The normalized spacial score (nSPS) is 23.8. The van der Waals surface area contributed by atoms with Gasteiger partial charge in [0, 0.05) is 19.0 Å². The number of anilines is 2. The van der Waals surface area contributed by atoms with Gasteiger partial charge >= 0.3 is 0 Å². The third kappa shape index (κ3) is 2.40. The van der Waals surface area contributed by atoms with Crippen LogP contribution in [0.15, 0.2) is 24.3 Å². The van der Waals surface area contributed by atoms with E-state index in [1.807, 2.05) is 24.3 Å². The van der Waals surface area contributed by atoms with E-state index < -0.39 is 0 Å². The lowest BCUT2D eigenvalue weighted by Gasteiger charge is -2.20. The second kappa shape index (κ2) is 5.23. The SMILES string of the molecule is C[C@@H]1C[C@H]1C(=O)Nc1nc2ccccc2nc1N1CCCC1. The average Bonchev–Trinajstić information content (AvgIpc) is 3.03. The van der Waals surface area contributed by atoms with Crippen LogP contribution in [0.4, 0.5) is 11.6 Å². The summed E-state index contributed by atoms with van der Waals surface area (Å²) < 4.78 is 0. The van der Waals surface area contributed by atoms with Crippen molar-refractivity contribution in [1.82, 2.24) is 9.97 Å². The number of aromatic nitrogens is 2. The van der Waals surface area contributed by atoms with Crippen LogP contribution in [0.1, 0.15) is 26.2 Å². The molecule has 5 heteroatoms. The Morgan fingerprint density at radius 2 is 1.82 bits per heavy atom. The van der Waals surface area contributed by atoms with E-state index in [0.717, 1.165) is 36.4 Å². The van der Waals surface area contributed by atoms with Gasteiger partial charge in [-0.2, -0.15) is 0 Å². The Hall–Kier alpha value is -2.17. The zero-order valence-electron chi connectivity index (χ0n) is 12.7. The third-order valence-electron chi connectivity index (χ3n) is 4.65. The quantitative estimate of drug-likeness (QED) is 0.946. The molecule has 2 aromatic rings. The maximum Gasteiger partial charge on any atom is 0.229 e. The fourth-order valence-corrected chi connectivity index (χ4v) is 3.12. The minimum Gasteiger partial charge on any atom is -0.354 e. The first-order chi connectivity index (χ1) is 10.7. The fourth-order valence-electron chi connectivity index (χ4n) is 3.12. The van der Waals surface area contributed by atoms with Crippen molar-refractivity contribution in [2.24, 2.45) is 11.8 Å². The maximum atomic E-state index is 12.3. The topological polar surface area (TPSA) is 58.1 Å². The maximum absolute atomic E-state index is 12.3. The number of carbonyl (C=O) groups excluding carboxylic acids is 1. The van der Waals surface area contributed by atoms with Crippen LogP contribution >= 0.6 is 0 Å². The van der Waals surface area contributed by atoms with E-state index >= 15 is 0 Å². The number of hydrogen-bond donors (Lipinski definition) is 1. The summed E-state index contributed by atoms with van der Waals surface area (Å²) in [6.07, 6.45) is 3.31. The van der Waals surface area contributed by atoms with Crippen LogP contribution in [-0.2, 0) is 4.79 Å². The summed E-state index contributed by atoms with van der Waals surface area (Å²) in [6.45, 7) is 4.07. The molecular weight excluding hydrogens is 276 g/mol. The zero-order valence-corrected chi connectivity index (χ0v) is 12.7. The first-order valence-corrected chi connectivity index (χ1v) is 8.05. The summed E-state index contributed by atoms with van der Waals surface area (Å²) in [7, 11) is 0. The van der Waals surface area contributed by atoms with Gasteiger partial charge in [0.15, 0.2) is 11.6 Å². The highest BCUT2D eigenvalue weighted by molar-refractivity contribution is 5.97. The molecule has 1 aliphatic carbocycles. The number of fused-ring (bicyclic) bond motifs is 1. The Labute approximate surface area is 129 Å². The summed E-state index contributed by atoms with van der Waals surface area (Å²) >= 11 is 0. The highest BCUT2D eigenvalue weighted by Gasteiger charge is 2.39. The number of nitrogens with zero attached hydrogens (tertiary/aromatic N) is 3. The summed E-state index contributed by atoms with van der Waals surface area (Å²) in [5, 5.41) is 3.02. The molecule has 1 saturated carbocycles.